The fourth-order valence-electron chi connectivity index (χ4n) is 4.05. The van der Waals surface area contributed by atoms with Gasteiger partial charge in [-0.2, -0.15) is 0 Å². The summed E-state index contributed by atoms with van der Waals surface area (Å²) in [5.74, 6) is 2.94. The maximum atomic E-state index is 12.6. The quantitative estimate of drug-likeness (QED) is 0.904. The minimum atomic E-state index is -0.0462. The molecule has 2 saturated carbocycles. The van der Waals surface area contributed by atoms with Gasteiger partial charge in [0.2, 0.25) is 0 Å². The molecule has 3 heterocycles. The topological polar surface area (TPSA) is 83.9 Å². The molecule has 1 N–H and O–H groups in total. The second-order valence-corrected chi connectivity index (χ2v) is 8.30. The molecule has 1 amide bonds. The average Bonchev–Trinajstić information content (AvgIpc) is 3.23. The third-order valence-corrected chi connectivity index (χ3v) is 6.34. The lowest BCUT2D eigenvalue weighted by molar-refractivity contribution is 0.0791. The van der Waals surface area contributed by atoms with Gasteiger partial charge in [-0.25, -0.2) is 9.97 Å². The smallest absolute Gasteiger partial charge is 0.267 e. The first kappa shape index (κ1) is 15.2. The van der Waals surface area contributed by atoms with E-state index in [1.807, 2.05) is 17.9 Å². The number of rotatable bonds is 4. The van der Waals surface area contributed by atoms with Crippen LogP contribution in [0.4, 0.5) is 5.82 Å². The van der Waals surface area contributed by atoms with E-state index < -0.39 is 0 Å². The van der Waals surface area contributed by atoms with Crippen molar-refractivity contribution in [2.75, 3.05) is 18.4 Å². The molecule has 5 rings (SSSR count). The number of fused-ring (bicyclic) bond motifs is 1. The predicted molar refractivity (Wildman–Crippen MR) is 93.6 cm³/mol. The van der Waals surface area contributed by atoms with Crippen molar-refractivity contribution in [1.82, 2.24) is 24.5 Å². The molecule has 2 aliphatic carbocycles. The molecular weight excluding hydrogens is 336 g/mol. The molecule has 2 aromatic rings. The van der Waals surface area contributed by atoms with Crippen LogP contribution in [0.25, 0.3) is 0 Å². The molecule has 8 heteroatoms. The molecule has 0 aromatic carbocycles. The van der Waals surface area contributed by atoms with Crippen molar-refractivity contribution in [1.29, 1.82) is 0 Å². The molecule has 0 radical (unpaired) electrons. The SMILES string of the molecule is Cc1cc(NC23CCC2CN(C(=O)c2cnns2)C3)nc(C2CC2)n1. The van der Waals surface area contributed by atoms with Crippen LogP contribution < -0.4 is 5.32 Å². The van der Waals surface area contributed by atoms with E-state index in [2.05, 4.69) is 19.9 Å². The summed E-state index contributed by atoms with van der Waals surface area (Å²) in [7, 11) is 0. The fourth-order valence-corrected chi connectivity index (χ4v) is 4.54. The lowest BCUT2D eigenvalue weighted by Crippen LogP contribution is -2.53. The van der Waals surface area contributed by atoms with Gasteiger partial charge in [0.25, 0.3) is 5.91 Å². The number of hydrogen-bond acceptors (Lipinski definition) is 7. The largest absolute Gasteiger partial charge is 0.362 e. The normalized spacial score (nSPS) is 27.7. The Morgan fingerprint density at radius 1 is 1.36 bits per heavy atom. The first-order chi connectivity index (χ1) is 12.1. The summed E-state index contributed by atoms with van der Waals surface area (Å²) in [6.07, 6.45) is 6.17. The highest BCUT2D eigenvalue weighted by Crippen LogP contribution is 2.47. The Bertz CT molecular complexity index is 821. The molecule has 25 heavy (non-hydrogen) atoms. The molecule has 2 aromatic heterocycles. The summed E-state index contributed by atoms with van der Waals surface area (Å²) in [4.78, 5) is 24.5. The molecule has 3 aliphatic rings. The van der Waals surface area contributed by atoms with E-state index in [-0.39, 0.29) is 11.4 Å². The second kappa shape index (κ2) is 5.45. The number of hydrogen-bond donors (Lipinski definition) is 1. The summed E-state index contributed by atoms with van der Waals surface area (Å²) in [5, 5.41) is 7.46. The van der Waals surface area contributed by atoms with Crippen molar-refractivity contribution in [2.45, 2.75) is 44.1 Å². The Kier molecular flexibility index (Phi) is 3.31. The minimum absolute atomic E-state index is 0.0445. The first-order valence-electron chi connectivity index (χ1n) is 8.83. The monoisotopic (exact) mass is 356 g/mol. The average molecular weight is 356 g/mol. The number of nitrogens with zero attached hydrogens (tertiary/aromatic N) is 5. The fraction of sp³-hybridized carbons (Fsp3) is 0.588. The molecule has 7 nitrogen and oxygen atoms in total. The van der Waals surface area contributed by atoms with Crippen molar-refractivity contribution < 1.29 is 4.79 Å². The van der Waals surface area contributed by atoms with Gasteiger partial charge in [-0.15, -0.1) is 5.10 Å². The van der Waals surface area contributed by atoms with Gasteiger partial charge in [0.15, 0.2) is 0 Å². The highest BCUT2D eigenvalue weighted by atomic mass is 32.1. The summed E-state index contributed by atoms with van der Waals surface area (Å²) < 4.78 is 3.81. The Hall–Kier alpha value is -2.09. The van der Waals surface area contributed by atoms with Crippen LogP contribution in [-0.4, -0.2) is 49.0 Å². The van der Waals surface area contributed by atoms with Crippen LogP contribution in [0, 0.1) is 12.8 Å². The van der Waals surface area contributed by atoms with Gasteiger partial charge in [0.1, 0.15) is 16.5 Å². The lowest BCUT2D eigenvalue weighted by Gasteiger charge is -2.44. The van der Waals surface area contributed by atoms with E-state index in [1.54, 1.807) is 6.20 Å². The van der Waals surface area contributed by atoms with Crippen LogP contribution in [-0.2, 0) is 0 Å². The molecular formula is C17H20N6OS. The van der Waals surface area contributed by atoms with Gasteiger partial charge < -0.3 is 10.2 Å². The Morgan fingerprint density at radius 2 is 2.24 bits per heavy atom. The first-order valence-corrected chi connectivity index (χ1v) is 9.61. The molecule has 0 spiro atoms. The molecule has 1 saturated heterocycles. The summed E-state index contributed by atoms with van der Waals surface area (Å²) in [5.41, 5.74) is 0.961. The van der Waals surface area contributed by atoms with E-state index >= 15 is 0 Å². The zero-order valence-electron chi connectivity index (χ0n) is 14.1. The number of aromatic nitrogens is 4. The van der Waals surface area contributed by atoms with E-state index in [0.717, 1.165) is 54.8 Å². The van der Waals surface area contributed by atoms with Crippen molar-refractivity contribution in [3.63, 3.8) is 0 Å². The zero-order valence-corrected chi connectivity index (χ0v) is 14.9. The lowest BCUT2D eigenvalue weighted by atomic mass is 9.69. The Morgan fingerprint density at radius 3 is 2.92 bits per heavy atom. The van der Waals surface area contributed by atoms with Crippen LogP contribution in [0.5, 0.6) is 0 Å². The molecule has 2 unspecified atom stereocenters. The van der Waals surface area contributed by atoms with Gasteiger partial charge in [-0.1, -0.05) is 4.49 Å². The number of carbonyl (C=O) groups is 1. The highest BCUT2D eigenvalue weighted by Gasteiger charge is 2.54. The van der Waals surface area contributed by atoms with Crippen LogP contribution in [0.15, 0.2) is 12.3 Å². The maximum Gasteiger partial charge on any atom is 0.267 e. The predicted octanol–water partition coefficient (Wildman–Crippen LogP) is 2.23. The van der Waals surface area contributed by atoms with Gasteiger partial charge in [0.05, 0.1) is 11.7 Å². The van der Waals surface area contributed by atoms with Crippen LogP contribution in [0.2, 0.25) is 0 Å². The number of anilines is 1. The number of amides is 1. The molecule has 2 atom stereocenters. The highest BCUT2D eigenvalue weighted by molar-refractivity contribution is 7.07. The van der Waals surface area contributed by atoms with E-state index in [1.165, 1.54) is 12.8 Å². The van der Waals surface area contributed by atoms with Gasteiger partial charge in [0, 0.05) is 36.7 Å². The van der Waals surface area contributed by atoms with Crippen LogP contribution in [0.3, 0.4) is 0 Å². The summed E-state index contributed by atoms with van der Waals surface area (Å²) in [6, 6.07) is 2.02. The van der Waals surface area contributed by atoms with Crippen molar-refractivity contribution in [3.05, 3.63) is 28.7 Å². The molecule has 1 aliphatic heterocycles. The number of likely N-dealkylation sites (tertiary alicyclic amines) is 1. The van der Waals surface area contributed by atoms with Gasteiger partial charge in [-0.3, -0.25) is 4.79 Å². The van der Waals surface area contributed by atoms with Crippen LogP contribution >= 0.6 is 11.5 Å². The number of aryl methyl sites for hydroxylation is 1. The third kappa shape index (κ3) is 2.59. The van der Waals surface area contributed by atoms with Crippen LogP contribution in [0.1, 0.15) is 52.8 Å². The van der Waals surface area contributed by atoms with Crippen molar-refractivity contribution >= 4 is 23.3 Å². The van der Waals surface area contributed by atoms with Gasteiger partial charge >= 0.3 is 0 Å². The van der Waals surface area contributed by atoms with E-state index in [9.17, 15) is 4.79 Å². The maximum absolute atomic E-state index is 12.6. The molecule has 0 bridgehead atoms. The summed E-state index contributed by atoms with van der Waals surface area (Å²) >= 11 is 1.16. The van der Waals surface area contributed by atoms with Crippen molar-refractivity contribution in [3.8, 4) is 0 Å². The Balaban J connectivity index is 1.36. The molecule has 3 fully saturated rings. The summed E-state index contributed by atoms with van der Waals surface area (Å²) in [6.45, 7) is 3.54. The van der Waals surface area contributed by atoms with Crippen molar-refractivity contribution in [2.24, 2.45) is 5.92 Å². The third-order valence-electron chi connectivity index (χ3n) is 5.68. The second-order valence-electron chi connectivity index (χ2n) is 7.51. The van der Waals surface area contributed by atoms with E-state index in [4.69, 9.17) is 4.98 Å². The van der Waals surface area contributed by atoms with E-state index in [0.29, 0.717) is 16.7 Å². The zero-order chi connectivity index (χ0) is 17.0. The minimum Gasteiger partial charge on any atom is -0.362 e. The molecule has 130 valence electrons. The number of carbonyl (C=O) groups excluding carboxylic acids is 1. The standard InChI is InChI=1S/C17H20N6OS/c1-10-6-14(20-15(19-10)11-2-3-11)21-17-5-4-12(17)8-23(9-17)16(24)13-7-18-22-25-13/h6-7,11-12H,2-5,8-9H2,1H3,(H,19,20,21). The Labute approximate surface area is 150 Å². The van der Waals surface area contributed by atoms with Gasteiger partial charge in [-0.05, 0) is 44.1 Å². The number of nitrogens with one attached hydrogen (secondary N) is 1.